The van der Waals surface area contributed by atoms with Crippen LogP contribution in [0.2, 0.25) is 0 Å². The molecule has 2 aromatic rings. The molecule has 15 heteroatoms. The second-order valence-electron chi connectivity index (χ2n) is 6.03. The molecule has 1 saturated heterocycles. The summed E-state index contributed by atoms with van der Waals surface area (Å²) in [5.74, 6) is 0. The quantitative estimate of drug-likeness (QED) is 0.466. The van der Waals surface area contributed by atoms with Crippen molar-refractivity contribution in [1.29, 1.82) is 0 Å². The van der Waals surface area contributed by atoms with Crippen molar-refractivity contribution in [1.82, 2.24) is 24.7 Å². The summed E-state index contributed by atoms with van der Waals surface area (Å²) in [6.07, 6.45) is 1.55. The summed E-state index contributed by atoms with van der Waals surface area (Å²) in [5.41, 5.74) is 1.18. The molecule has 1 aliphatic heterocycles. The Morgan fingerprint density at radius 3 is 2.30 bits per heavy atom. The van der Waals surface area contributed by atoms with E-state index in [4.69, 9.17) is 4.74 Å². The van der Waals surface area contributed by atoms with Crippen LogP contribution in [0.4, 0.5) is 25.2 Å². The van der Waals surface area contributed by atoms with Crippen LogP contribution in [0.5, 0.6) is 0 Å². The van der Waals surface area contributed by atoms with Crippen LogP contribution in [-0.4, -0.2) is 65.1 Å². The predicted octanol–water partition coefficient (Wildman–Crippen LogP) is 3.01. The van der Waals surface area contributed by atoms with E-state index in [2.05, 4.69) is 20.0 Å². The van der Waals surface area contributed by atoms with Crippen molar-refractivity contribution < 1.29 is 34.5 Å². The molecule has 1 unspecified atom stereocenters. The minimum absolute atomic E-state index is 0.0687. The third-order valence-corrected chi connectivity index (χ3v) is 3.48. The Balaban J connectivity index is 0.000000321. The zero-order valence-electron chi connectivity index (χ0n) is 14.4. The third kappa shape index (κ3) is 7.05. The van der Waals surface area contributed by atoms with Gasteiger partial charge >= 0.3 is 38.6 Å². The van der Waals surface area contributed by atoms with E-state index >= 15 is 0 Å². The number of aromatic amines is 1. The van der Waals surface area contributed by atoms with Gasteiger partial charge in [0.15, 0.2) is 0 Å². The van der Waals surface area contributed by atoms with Crippen molar-refractivity contribution in [2.75, 3.05) is 40.4 Å². The Kier molecular flexibility index (Phi) is 5.34. The number of nitrogens with one attached hydrogen (secondary N) is 1. The molecule has 1 N–H and O–H groups in total. The fraction of sp³-hybridized carbons (Fsp3) is 0.583. The van der Waals surface area contributed by atoms with Crippen molar-refractivity contribution in [3.05, 3.63) is 23.2 Å². The third-order valence-electron chi connectivity index (χ3n) is 3.48. The van der Waals surface area contributed by atoms with Gasteiger partial charge in [0.2, 0.25) is 11.8 Å². The molecule has 8 nitrogen and oxygen atoms in total. The summed E-state index contributed by atoms with van der Waals surface area (Å²) in [6.45, 7) is 3.07. The molecule has 3 rings (SSSR count). The second-order valence-corrected chi connectivity index (χ2v) is 7.94. The van der Waals surface area contributed by atoms with Crippen LogP contribution in [-0.2, 0) is 4.74 Å². The molecular weight excluding hydrogens is 405 g/mol. The average Bonchev–Trinajstić information content (AvgIpc) is 2.83. The molecule has 0 radical (unpaired) electrons. The molecule has 0 bridgehead atoms. The Hall–Kier alpha value is -1.76. The number of ether oxygens (including phenoxy) is 1. The first-order valence-corrected chi connectivity index (χ1v) is 9.69. The fourth-order valence-corrected chi connectivity index (χ4v) is 2.64. The first-order chi connectivity index (χ1) is 12.1. The van der Waals surface area contributed by atoms with Crippen LogP contribution >= 0.6 is 7.81 Å². The molecule has 0 saturated carbocycles. The van der Waals surface area contributed by atoms with Gasteiger partial charge in [0, 0.05) is 13.1 Å². The van der Waals surface area contributed by atoms with E-state index in [0.29, 0.717) is 23.4 Å². The van der Waals surface area contributed by atoms with E-state index in [1.165, 1.54) is 0 Å². The normalized spacial score (nSPS) is 19.9. The average molecular weight is 424 g/mol. The number of aromatic nitrogens is 4. The maximum atomic E-state index is 11.9. The number of halogens is 6. The SMILES string of the molecule is CN(C)C(N1CCOCC1)n1[nH][n+](=O)c2ncccc21.F[P-](F)(F)(F)(F)F. The number of H-pyrrole nitrogens is 1. The summed E-state index contributed by atoms with van der Waals surface area (Å²) < 4.78 is 67.1. The molecule has 0 spiro atoms. The summed E-state index contributed by atoms with van der Waals surface area (Å²) >= 11 is 0. The van der Waals surface area contributed by atoms with Gasteiger partial charge in [-0.25, -0.2) is 0 Å². The topological polar surface area (TPSA) is 72.3 Å². The number of pyridine rings is 1. The summed E-state index contributed by atoms with van der Waals surface area (Å²) in [7, 11) is -6.67. The van der Waals surface area contributed by atoms with E-state index in [0.717, 1.165) is 18.6 Å². The number of fused-ring (bicyclic) bond motifs is 1. The Morgan fingerprint density at radius 1 is 1.22 bits per heavy atom. The molecule has 1 fully saturated rings. The first kappa shape index (κ1) is 21.5. The molecule has 0 aromatic carbocycles. The van der Waals surface area contributed by atoms with E-state index in [9.17, 15) is 30.1 Å². The van der Waals surface area contributed by atoms with Crippen molar-refractivity contribution in [3.8, 4) is 0 Å². The van der Waals surface area contributed by atoms with Crippen LogP contribution in [0.15, 0.2) is 18.3 Å². The predicted molar refractivity (Wildman–Crippen MR) is 86.1 cm³/mol. The van der Waals surface area contributed by atoms with Crippen LogP contribution in [0.25, 0.3) is 11.2 Å². The van der Waals surface area contributed by atoms with E-state index in [1.54, 1.807) is 6.20 Å². The molecule has 0 amide bonds. The van der Waals surface area contributed by atoms with Crippen LogP contribution < -0.4 is 4.54 Å². The number of hydrogen-bond donors (Lipinski definition) is 1. The number of hydrogen-bond acceptors (Lipinski definition) is 5. The van der Waals surface area contributed by atoms with Crippen molar-refractivity contribution in [2.45, 2.75) is 6.29 Å². The van der Waals surface area contributed by atoms with Crippen molar-refractivity contribution >= 4 is 19.0 Å². The van der Waals surface area contributed by atoms with Crippen LogP contribution in [0.1, 0.15) is 6.29 Å². The van der Waals surface area contributed by atoms with Gasteiger partial charge in [-0.2, -0.15) is 4.68 Å². The summed E-state index contributed by atoms with van der Waals surface area (Å²) in [6, 6.07) is 3.73. The van der Waals surface area contributed by atoms with Gasteiger partial charge in [-0.05, 0) is 26.2 Å². The molecule has 27 heavy (non-hydrogen) atoms. The summed E-state index contributed by atoms with van der Waals surface area (Å²) in [4.78, 5) is 20.4. The molecule has 0 aliphatic carbocycles. The van der Waals surface area contributed by atoms with Gasteiger partial charge in [-0.15, -0.1) is 4.98 Å². The number of nitrogens with zero attached hydrogens (tertiary/aromatic N) is 5. The van der Waals surface area contributed by atoms with Gasteiger partial charge in [-0.3, -0.25) is 9.80 Å². The zero-order valence-corrected chi connectivity index (χ0v) is 15.3. The van der Waals surface area contributed by atoms with Gasteiger partial charge in [0.25, 0.3) is 0 Å². The molecule has 156 valence electrons. The van der Waals surface area contributed by atoms with Gasteiger partial charge < -0.3 is 4.74 Å². The van der Waals surface area contributed by atoms with E-state index < -0.39 is 7.81 Å². The van der Waals surface area contributed by atoms with Crippen molar-refractivity contribution in [3.63, 3.8) is 0 Å². The Labute approximate surface area is 149 Å². The molecule has 1 atom stereocenters. The first-order valence-electron chi connectivity index (χ1n) is 7.66. The minimum atomic E-state index is -10.7. The Morgan fingerprint density at radius 2 is 1.78 bits per heavy atom. The zero-order chi connectivity index (χ0) is 20.5. The monoisotopic (exact) mass is 424 g/mol. The van der Waals surface area contributed by atoms with Gasteiger partial charge in [0.1, 0.15) is 6.20 Å². The van der Waals surface area contributed by atoms with E-state index in [-0.39, 0.29) is 6.29 Å². The molecule has 1 aliphatic rings. The molecule has 2 aromatic heterocycles. The molecule has 3 heterocycles. The standard InChI is InChI=1S/C12H19N6O2.F6P/c1-15(2)12(16-6-8-20-9-7-16)17-10-4-3-5-13-11(10)18(19)14-17;1-7(2,3,4,5)6/h3-5,12H,6-9H2,1-2H3,(H,14,19);/q+1;-1. The maximum absolute atomic E-state index is 11.9. The Bertz CT molecular complexity index is 834. The fourth-order valence-electron chi connectivity index (χ4n) is 2.64. The van der Waals surface area contributed by atoms with E-state index in [1.807, 2.05) is 30.9 Å². The number of morpholine rings is 1. The number of rotatable bonds is 3. The van der Waals surface area contributed by atoms with Crippen LogP contribution in [0, 0.1) is 4.91 Å². The van der Waals surface area contributed by atoms with Gasteiger partial charge in [0.05, 0.1) is 17.8 Å². The summed E-state index contributed by atoms with van der Waals surface area (Å²) in [5, 5.41) is 2.82. The van der Waals surface area contributed by atoms with Crippen LogP contribution in [0.3, 0.4) is 0 Å². The second kappa shape index (κ2) is 6.69. The van der Waals surface area contributed by atoms with Gasteiger partial charge in [-0.1, -0.05) is 10.1 Å². The molecular formula is C12H19F6N6O2P. The van der Waals surface area contributed by atoms with Crippen molar-refractivity contribution in [2.24, 2.45) is 0 Å².